The number of nitrogens with one attached hydrogen (secondary N) is 1. The molecule has 5 heteroatoms. The van der Waals surface area contributed by atoms with E-state index < -0.39 is 0 Å². The average Bonchev–Trinajstić information content (AvgIpc) is 2.80. The predicted octanol–water partition coefficient (Wildman–Crippen LogP) is 1.35. The van der Waals surface area contributed by atoms with Crippen molar-refractivity contribution in [2.24, 2.45) is 5.73 Å². The lowest BCUT2D eigenvalue weighted by Gasteiger charge is -2.33. The van der Waals surface area contributed by atoms with Crippen LogP contribution < -0.4 is 11.1 Å². The summed E-state index contributed by atoms with van der Waals surface area (Å²) >= 11 is 1.70. The first-order valence-electron chi connectivity index (χ1n) is 6.50. The Labute approximate surface area is 112 Å². The molecule has 2 rings (SSSR count). The number of carbonyl (C=O) groups excluding carboxylic acids is 1. The number of carbonyl (C=O) groups is 1. The van der Waals surface area contributed by atoms with Crippen LogP contribution >= 0.6 is 11.3 Å². The summed E-state index contributed by atoms with van der Waals surface area (Å²) < 4.78 is 0. The zero-order valence-electron chi connectivity index (χ0n) is 10.8. The molecule has 100 valence electrons. The number of nitrogens with two attached hydrogens (primary N) is 1. The Kier molecular flexibility index (Phi) is 4.74. The van der Waals surface area contributed by atoms with E-state index in [1.54, 1.807) is 11.3 Å². The molecule has 1 aliphatic rings. The van der Waals surface area contributed by atoms with Gasteiger partial charge in [-0.15, -0.1) is 0 Å². The molecule has 2 heterocycles. The van der Waals surface area contributed by atoms with Crippen molar-refractivity contribution in [2.75, 3.05) is 19.6 Å². The second-order valence-corrected chi connectivity index (χ2v) is 5.49. The Bertz CT molecular complexity index is 380. The lowest BCUT2D eigenvalue weighted by atomic mass is 9.98. The average molecular weight is 267 g/mol. The van der Waals surface area contributed by atoms with Crippen LogP contribution in [-0.2, 0) is 4.79 Å². The van der Waals surface area contributed by atoms with Crippen LogP contribution in [0, 0.1) is 0 Å². The van der Waals surface area contributed by atoms with Crippen LogP contribution in [0.5, 0.6) is 0 Å². The first kappa shape index (κ1) is 13.5. The first-order valence-corrected chi connectivity index (χ1v) is 7.45. The van der Waals surface area contributed by atoms with Crippen LogP contribution in [0.2, 0.25) is 0 Å². The van der Waals surface area contributed by atoms with Gasteiger partial charge in [0.05, 0.1) is 6.04 Å². The van der Waals surface area contributed by atoms with Gasteiger partial charge in [0.1, 0.15) is 0 Å². The van der Waals surface area contributed by atoms with Crippen LogP contribution in [0.1, 0.15) is 31.4 Å². The molecule has 18 heavy (non-hydrogen) atoms. The van der Waals surface area contributed by atoms with Gasteiger partial charge >= 0.3 is 0 Å². The molecule has 0 saturated carbocycles. The molecule has 2 atom stereocenters. The fraction of sp³-hybridized carbons (Fsp3) is 0.615. The van der Waals surface area contributed by atoms with E-state index in [2.05, 4.69) is 34.0 Å². The molecule has 0 aliphatic carbocycles. The van der Waals surface area contributed by atoms with Gasteiger partial charge in [0.2, 0.25) is 5.91 Å². The summed E-state index contributed by atoms with van der Waals surface area (Å²) in [5.74, 6) is 0.145. The van der Waals surface area contributed by atoms with Crippen molar-refractivity contribution in [1.29, 1.82) is 0 Å². The highest BCUT2D eigenvalue weighted by Crippen LogP contribution is 2.27. The third-order valence-corrected chi connectivity index (χ3v) is 4.20. The molecular weight excluding hydrogens is 246 g/mol. The topological polar surface area (TPSA) is 58.4 Å². The molecule has 1 saturated heterocycles. The Morgan fingerprint density at radius 3 is 3.06 bits per heavy atom. The third-order valence-electron chi connectivity index (χ3n) is 3.50. The Balaban J connectivity index is 2.15. The quantitative estimate of drug-likeness (QED) is 0.866. The molecule has 1 aromatic rings. The number of thiophene rings is 1. The molecule has 1 aromatic heterocycles. The molecule has 1 fully saturated rings. The maximum Gasteiger partial charge on any atom is 0.221 e. The minimum atomic E-state index is 0.118. The maximum absolute atomic E-state index is 11.4. The molecule has 3 N–H and O–H groups in total. The van der Waals surface area contributed by atoms with Crippen LogP contribution in [0.3, 0.4) is 0 Å². The van der Waals surface area contributed by atoms with Crippen molar-refractivity contribution < 1.29 is 4.79 Å². The van der Waals surface area contributed by atoms with Crippen LogP contribution in [0.25, 0.3) is 0 Å². The van der Waals surface area contributed by atoms with Gasteiger partial charge in [-0.25, -0.2) is 0 Å². The van der Waals surface area contributed by atoms with Crippen molar-refractivity contribution >= 4 is 17.2 Å². The summed E-state index contributed by atoms with van der Waals surface area (Å²) in [6.45, 7) is 4.50. The van der Waals surface area contributed by atoms with Gasteiger partial charge < -0.3 is 11.1 Å². The zero-order chi connectivity index (χ0) is 13.0. The SMILES string of the molecule is CCC(N)C(c1ccsc1)N1CCNC(=O)CC1. The van der Waals surface area contributed by atoms with Gasteiger partial charge in [0.15, 0.2) is 0 Å². The first-order chi connectivity index (χ1) is 8.72. The van der Waals surface area contributed by atoms with Gasteiger partial charge in [-0.05, 0) is 28.8 Å². The fourth-order valence-corrected chi connectivity index (χ4v) is 3.15. The second kappa shape index (κ2) is 6.31. The number of amides is 1. The summed E-state index contributed by atoms with van der Waals surface area (Å²) in [5.41, 5.74) is 7.56. The van der Waals surface area contributed by atoms with Crippen LogP contribution in [0.15, 0.2) is 16.8 Å². The van der Waals surface area contributed by atoms with E-state index in [-0.39, 0.29) is 18.0 Å². The monoisotopic (exact) mass is 267 g/mol. The molecule has 2 unspecified atom stereocenters. The number of hydrogen-bond donors (Lipinski definition) is 2. The van der Waals surface area contributed by atoms with Crippen molar-refractivity contribution in [2.45, 2.75) is 31.8 Å². The van der Waals surface area contributed by atoms with Gasteiger partial charge in [0, 0.05) is 32.1 Å². The molecule has 4 nitrogen and oxygen atoms in total. The van der Waals surface area contributed by atoms with E-state index in [0.717, 1.165) is 26.1 Å². The molecule has 0 radical (unpaired) electrons. The van der Waals surface area contributed by atoms with Gasteiger partial charge in [-0.3, -0.25) is 9.69 Å². The number of rotatable bonds is 4. The normalized spacial score (nSPS) is 21.1. The highest BCUT2D eigenvalue weighted by atomic mass is 32.1. The molecule has 0 aromatic carbocycles. The smallest absolute Gasteiger partial charge is 0.221 e. The van der Waals surface area contributed by atoms with E-state index in [1.165, 1.54) is 5.56 Å². The standard InChI is InChI=1S/C13H21N3OS/c1-2-11(14)13(10-4-8-18-9-10)16-6-3-12(17)15-5-7-16/h4,8-9,11,13H,2-3,5-7,14H2,1H3,(H,15,17). The van der Waals surface area contributed by atoms with E-state index >= 15 is 0 Å². The maximum atomic E-state index is 11.4. The van der Waals surface area contributed by atoms with Gasteiger partial charge in [-0.2, -0.15) is 11.3 Å². The third kappa shape index (κ3) is 3.10. The van der Waals surface area contributed by atoms with E-state index in [0.29, 0.717) is 6.42 Å². The summed E-state index contributed by atoms with van der Waals surface area (Å²) in [7, 11) is 0. The molecule has 0 spiro atoms. The Morgan fingerprint density at radius 1 is 1.56 bits per heavy atom. The Hall–Kier alpha value is -0.910. The van der Waals surface area contributed by atoms with Crippen molar-refractivity contribution in [1.82, 2.24) is 10.2 Å². The summed E-state index contributed by atoms with van der Waals surface area (Å²) in [6, 6.07) is 2.49. The Morgan fingerprint density at radius 2 is 2.39 bits per heavy atom. The van der Waals surface area contributed by atoms with Crippen LogP contribution in [-0.4, -0.2) is 36.5 Å². The highest BCUT2D eigenvalue weighted by molar-refractivity contribution is 7.07. The molecular formula is C13H21N3OS. The van der Waals surface area contributed by atoms with Crippen molar-refractivity contribution in [3.05, 3.63) is 22.4 Å². The highest BCUT2D eigenvalue weighted by Gasteiger charge is 2.27. The summed E-state index contributed by atoms with van der Waals surface area (Å²) in [4.78, 5) is 13.8. The van der Waals surface area contributed by atoms with Crippen molar-refractivity contribution in [3.63, 3.8) is 0 Å². The fourth-order valence-electron chi connectivity index (χ4n) is 2.46. The van der Waals surface area contributed by atoms with E-state index in [9.17, 15) is 4.79 Å². The van der Waals surface area contributed by atoms with Gasteiger partial charge in [0.25, 0.3) is 0 Å². The largest absolute Gasteiger partial charge is 0.355 e. The molecule has 0 bridgehead atoms. The van der Waals surface area contributed by atoms with Crippen LogP contribution in [0.4, 0.5) is 0 Å². The predicted molar refractivity (Wildman–Crippen MR) is 74.5 cm³/mol. The minimum Gasteiger partial charge on any atom is -0.355 e. The summed E-state index contributed by atoms with van der Waals surface area (Å²) in [6.07, 6.45) is 1.51. The van der Waals surface area contributed by atoms with Crippen molar-refractivity contribution in [3.8, 4) is 0 Å². The lowest BCUT2D eigenvalue weighted by molar-refractivity contribution is -0.120. The van der Waals surface area contributed by atoms with E-state index in [1.807, 2.05) is 0 Å². The van der Waals surface area contributed by atoms with Gasteiger partial charge in [-0.1, -0.05) is 6.92 Å². The molecule has 1 aliphatic heterocycles. The molecule has 1 amide bonds. The zero-order valence-corrected chi connectivity index (χ0v) is 11.6. The number of hydrogen-bond acceptors (Lipinski definition) is 4. The minimum absolute atomic E-state index is 0.118. The number of nitrogens with zero attached hydrogens (tertiary/aromatic N) is 1. The second-order valence-electron chi connectivity index (χ2n) is 4.71. The lowest BCUT2D eigenvalue weighted by Crippen LogP contribution is -2.42. The van der Waals surface area contributed by atoms with E-state index in [4.69, 9.17) is 5.73 Å². The summed E-state index contributed by atoms with van der Waals surface area (Å²) in [5, 5.41) is 7.17.